The molecule has 0 atom stereocenters. The lowest BCUT2D eigenvalue weighted by molar-refractivity contribution is -0.143. The fourth-order valence-corrected chi connectivity index (χ4v) is 2.36. The molecule has 0 amide bonds. The maximum Gasteiger partial charge on any atom is 0.329 e. The van der Waals surface area contributed by atoms with Gasteiger partial charge in [0.25, 0.3) is 0 Å². The van der Waals surface area contributed by atoms with Gasteiger partial charge in [0.2, 0.25) is 0 Å². The topological polar surface area (TPSA) is 53.2 Å². The summed E-state index contributed by atoms with van der Waals surface area (Å²) in [4.78, 5) is 23.9. The molecule has 0 N–H and O–H groups in total. The molecular weight excluding hydrogens is 256 g/mol. The first-order chi connectivity index (χ1) is 9.69. The highest BCUT2D eigenvalue weighted by Crippen LogP contribution is 2.13. The van der Waals surface area contributed by atoms with Gasteiger partial charge in [-0.15, -0.1) is 0 Å². The molecule has 0 spiro atoms. The summed E-state index contributed by atoms with van der Waals surface area (Å²) in [5.74, 6) is -0.272. The molecule has 0 saturated heterocycles. The summed E-state index contributed by atoms with van der Waals surface area (Å²) in [5, 5.41) is 0. The third-order valence-electron chi connectivity index (χ3n) is 3.22. The Labute approximate surface area is 117 Å². The van der Waals surface area contributed by atoms with Gasteiger partial charge in [0.15, 0.2) is 0 Å². The quantitative estimate of drug-likeness (QED) is 0.760. The predicted octanol–water partition coefficient (Wildman–Crippen LogP) is 2.17. The third-order valence-corrected chi connectivity index (χ3v) is 3.22. The molecular formula is C15H20N2O3. The van der Waals surface area contributed by atoms with Crippen molar-refractivity contribution >= 4 is 17.0 Å². The first-order valence-corrected chi connectivity index (χ1v) is 7.02. The minimum atomic E-state index is -0.272. The molecule has 0 aliphatic rings. The third kappa shape index (κ3) is 2.76. The average Bonchev–Trinajstić information content (AvgIpc) is 2.71. The molecule has 5 heteroatoms. The number of esters is 1. The van der Waals surface area contributed by atoms with Crippen LogP contribution in [0, 0.1) is 0 Å². The van der Waals surface area contributed by atoms with Crippen LogP contribution in [0.3, 0.4) is 0 Å². The van der Waals surface area contributed by atoms with Crippen molar-refractivity contribution in [3.8, 4) is 0 Å². The minimum absolute atomic E-state index is 0.0580. The first-order valence-electron chi connectivity index (χ1n) is 7.02. The van der Waals surface area contributed by atoms with Crippen molar-refractivity contribution in [2.75, 3.05) is 6.61 Å². The first kappa shape index (κ1) is 14.4. The lowest BCUT2D eigenvalue weighted by Crippen LogP contribution is -2.25. The van der Waals surface area contributed by atoms with E-state index in [1.54, 1.807) is 16.1 Å². The second-order valence-electron chi connectivity index (χ2n) is 4.63. The molecule has 108 valence electrons. The van der Waals surface area contributed by atoms with Gasteiger partial charge in [0.1, 0.15) is 0 Å². The lowest BCUT2D eigenvalue weighted by atomic mass is 10.3. The van der Waals surface area contributed by atoms with E-state index >= 15 is 0 Å². The zero-order chi connectivity index (χ0) is 14.5. The number of para-hydroxylation sites is 2. The van der Waals surface area contributed by atoms with Crippen LogP contribution in [0.5, 0.6) is 0 Å². The van der Waals surface area contributed by atoms with Crippen LogP contribution >= 0.6 is 0 Å². The van der Waals surface area contributed by atoms with Gasteiger partial charge in [0.05, 0.1) is 24.1 Å². The zero-order valence-corrected chi connectivity index (χ0v) is 12.0. The van der Waals surface area contributed by atoms with Gasteiger partial charge >= 0.3 is 11.7 Å². The molecule has 1 heterocycles. The molecule has 1 aromatic carbocycles. The summed E-state index contributed by atoms with van der Waals surface area (Å²) < 4.78 is 8.33. The summed E-state index contributed by atoms with van der Waals surface area (Å²) in [7, 11) is 0. The minimum Gasteiger partial charge on any atom is -0.466 e. The van der Waals surface area contributed by atoms with Crippen molar-refractivity contribution in [1.82, 2.24) is 9.13 Å². The number of ether oxygens (including phenoxy) is 1. The number of benzene rings is 1. The van der Waals surface area contributed by atoms with E-state index in [1.807, 2.05) is 31.2 Å². The van der Waals surface area contributed by atoms with Gasteiger partial charge in [0, 0.05) is 13.1 Å². The number of aryl methyl sites for hydroxylation is 2. The van der Waals surface area contributed by atoms with Gasteiger partial charge < -0.3 is 4.74 Å². The molecule has 0 saturated carbocycles. The van der Waals surface area contributed by atoms with Crippen molar-refractivity contribution in [3.63, 3.8) is 0 Å². The molecule has 0 radical (unpaired) electrons. The fraction of sp³-hybridized carbons (Fsp3) is 0.467. The number of hydrogen-bond acceptors (Lipinski definition) is 3. The molecule has 0 unspecified atom stereocenters. The largest absolute Gasteiger partial charge is 0.466 e. The number of hydrogen-bond donors (Lipinski definition) is 0. The maximum absolute atomic E-state index is 12.4. The van der Waals surface area contributed by atoms with Gasteiger partial charge in [-0.2, -0.15) is 0 Å². The Morgan fingerprint density at radius 2 is 1.70 bits per heavy atom. The molecule has 0 fully saturated rings. The second-order valence-corrected chi connectivity index (χ2v) is 4.63. The van der Waals surface area contributed by atoms with Crippen LogP contribution in [0.4, 0.5) is 0 Å². The van der Waals surface area contributed by atoms with Crippen LogP contribution in [0.25, 0.3) is 11.0 Å². The van der Waals surface area contributed by atoms with E-state index in [2.05, 4.69) is 0 Å². The van der Waals surface area contributed by atoms with Gasteiger partial charge in [-0.25, -0.2) is 4.79 Å². The van der Waals surface area contributed by atoms with Gasteiger partial charge in [-0.1, -0.05) is 19.1 Å². The van der Waals surface area contributed by atoms with Crippen molar-refractivity contribution < 1.29 is 9.53 Å². The van der Waals surface area contributed by atoms with Crippen molar-refractivity contribution in [2.24, 2.45) is 0 Å². The highest BCUT2D eigenvalue weighted by atomic mass is 16.5. The Hall–Kier alpha value is -2.04. The zero-order valence-electron chi connectivity index (χ0n) is 12.0. The van der Waals surface area contributed by atoms with E-state index in [0.717, 1.165) is 17.5 Å². The van der Waals surface area contributed by atoms with Crippen LogP contribution in [0.2, 0.25) is 0 Å². The number of fused-ring (bicyclic) bond motifs is 1. The number of carbonyl (C=O) groups excluding carboxylic acids is 1. The van der Waals surface area contributed by atoms with E-state index < -0.39 is 0 Å². The van der Waals surface area contributed by atoms with Crippen LogP contribution < -0.4 is 5.69 Å². The summed E-state index contributed by atoms with van der Waals surface area (Å²) >= 11 is 0. The smallest absolute Gasteiger partial charge is 0.329 e. The van der Waals surface area contributed by atoms with Crippen LogP contribution in [-0.4, -0.2) is 21.7 Å². The van der Waals surface area contributed by atoms with E-state index in [0.29, 0.717) is 19.7 Å². The fourth-order valence-electron chi connectivity index (χ4n) is 2.36. The number of imidazole rings is 1. The standard InChI is InChI=1S/C15H20N2O3/c1-3-10-16-12-7-5-6-8-13(12)17(15(16)19)11-9-14(18)20-4-2/h5-8H,3-4,9-11H2,1-2H3. The Morgan fingerprint density at radius 3 is 2.25 bits per heavy atom. The molecule has 0 bridgehead atoms. The summed E-state index contributed by atoms with van der Waals surface area (Å²) in [6.07, 6.45) is 1.11. The van der Waals surface area contributed by atoms with Crippen molar-refractivity contribution in [3.05, 3.63) is 34.7 Å². The SMILES string of the molecule is CCCn1c(=O)n(CCC(=O)OCC)c2ccccc21. The predicted molar refractivity (Wildman–Crippen MR) is 77.7 cm³/mol. The molecule has 2 aromatic rings. The molecule has 20 heavy (non-hydrogen) atoms. The van der Waals surface area contributed by atoms with Crippen LogP contribution in [-0.2, 0) is 22.6 Å². The summed E-state index contributed by atoms with van der Waals surface area (Å²) in [5.41, 5.74) is 1.73. The average molecular weight is 276 g/mol. The molecule has 2 rings (SSSR count). The van der Waals surface area contributed by atoms with E-state index in [-0.39, 0.29) is 18.1 Å². The Morgan fingerprint density at radius 1 is 1.10 bits per heavy atom. The molecule has 1 aromatic heterocycles. The maximum atomic E-state index is 12.4. The highest BCUT2D eigenvalue weighted by molar-refractivity contribution is 5.76. The van der Waals surface area contributed by atoms with E-state index in [9.17, 15) is 9.59 Å². The summed E-state index contributed by atoms with van der Waals surface area (Å²) in [6.45, 7) is 5.22. The van der Waals surface area contributed by atoms with E-state index in [4.69, 9.17) is 4.74 Å². The highest BCUT2D eigenvalue weighted by Gasteiger charge is 2.13. The number of rotatable bonds is 6. The van der Waals surface area contributed by atoms with Crippen LogP contribution in [0.15, 0.2) is 29.1 Å². The van der Waals surface area contributed by atoms with Crippen LogP contribution in [0.1, 0.15) is 26.7 Å². The number of carbonyl (C=O) groups is 1. The van der Waals surface area contributed by atoms with Gasteiger partial charge in [-0.3, -0.25) is 13.9 Å². The number of nitrogens with zero attached hydrogens (tertiary/aromatic N) is 2. The number of aromatic nitrogens is 2. The second kappa shape index (κ2) is 6.41. The monoisotopic (exact) mass is 276 g/mol. The van der Waals surface area contributed by atoms with Crippen molar-refractivity contribution in [2.45, 2.75) is 39.8 Å². The normalized spacial score (nSPS) is 10.9. The Balaban J connectivity index is 2.35. The molecule has 0 aliphatic carbocycles. The Bertz CT molecular complexity index is 655. The molecule has 0 aliphatic heterocycles. The lowest BCUT2D eigenvalue weighted by Gasteiger charge is -2.03. The summed E-state index contributed by atoms with van der Waals surface area (Å²) in [6, 6.07) is 7.67. The van der Waals surface area contributed by atoms with Gasteiger partial charge in [-0.05, 0) is 25.5 Å². The van der Waals surface area contributed by atoms with Crippen molar-refractivity contribution in [1.29, 1.82) is 0 Å². The Kier molecular flexibility index (Phi) is 4.61. The van der Waals surface area contributed by atoms with E-state index in [1.165, 1.54) is 0 Å². The molecule has 5 nitrogen and oxygen atoms in total.